The Bertz CT molecular complexity index is 1080. The van der Waals surface area contributed by atoms with E-state index in [0.717, 1.165) is 21.4 Å². The molecule has 2 aromatic carbocycles. The monoisotopic (exact) mass is 467 g/mol. The molecule has 2 amide bonds. The molecule has 0 saturated heterocycles. The smallest absolute Gasteiger partial charge is 0.270 e. The summed E-state index contributed by atoms with van der Waals surface area (Å²) >= 11 is 3.36. The van der Waals surface area contributed by atoms with E-state index in [9.17, 15) is 22.8 Å². The summed E-state index contributed by atoms with van der Waals surface area (Å²) in [6.45, 7) is 1.76. The lowest BCUT2D eigenvalue weighted by molar-refractivity contribution is -0.116. The number of anilines is 1. The third-order valence-corrected chi connectivity index (χ3v) is 4.73. The van der Waals surface area contributed by atoms with E-state index in [1.807, 2.05) is 25.1 Å². The molecular formula is C20H17BrF3N3O2. The second-order valence-corrected chi connectivity index (χ2v) is 7.33. The lowest BCUT2D eigenvalue weighted by Crippen LogP contribution is -2.38. The highest BCUT2D eigenvalue weighted by molar-refractivity contribution is 9.10. The van der Waals surface area contributed by atoms with Gasteiger partial charge in [0.15, 0.2) is 17.5 Å². The Morgan fingerprint density at radius 1 is 1.10 bits per heavy atom. The Morgan fingerprint density at radius 2 is 1.86 bits per heavy atom. The minimum atomic E-state index is -1.67. The van der Waals surface area contributed by atoms with Crippen LogP contribution < -0.4 is 5.32 Å². The predicted octanol–water partition coefficient (Wildman–Crippen LogP) is 4.84. The molecule has 0 fully saturated rings. The minimum Gasteiger partial charge on any atom is -0.350 e. The Hall–Kier alpha value is -2.81. The van der Waals surface area contributed by atoms with Crippen molar-refractivity contribution >= 4 is 44.3 Å². The summed E-state index contributed by atoms with van der Waals surface area (Å²) in [5, 5.41) is 3.01. The van der Waals surface area contributed by atoms with Crippen LogP contribution in [0, 0.1) is 17.5 Å². The maximum absolute atomic E-state index is 13.8. The van der Waals surface area contributed by atoms with Crippen LogP contribution in [0.15, 0.2) is 40.9 Å². The van der Waals surface area contributed by atoms with Crippen molar-refractivity contribution in [3.05, 3.63) is 64.0 Å². The molecule has 0 aliphatic carbocycles. The summed E-state index contributed by atoms with van der Waals surface area (Å²) < 4.78 is 41.0. The SMILES string of the molecule is CCCN(CC(=O)Nc1ccc(F)c(F)c1F)C(=O)c1cc2ccc(Br)cc2[nH]1. The lowest BCUT2D eigenvalue weighted by Gasteiger charge is -2.21. The number of H-pyrrole nitrogens is 1. The summed E-state index contributed by atoms with van der Waals surface area (Å²) in [7, 11) is 0. The fraction of sp³-hybridized carbons (Fsp3) is 0.200. The average Bonchev–Trinajstić information content (AvgIpc) is 3.10. The number of nitrogens with zero attached hydrogens (tertiary/aromatic N) is 1. The summed E-state index contributed by atoms with van der Waals surface area (Å²) in [5.74, 6) is -5.65. The van der Waals surface area contributed by atoms with Gasteiger partial charge in [0.25, 0.3) is 5.91 Å². The van der Waals surface area contributed by atoms with Gasteiger partial charge in [-0.2, -0.15) is 0 Å². The molecule has 29 heavy (non-hydrogen) atoms. The predicted molar refractivity (Wildman–Crippen MR) is 107 cm³/mol. The van der Waals surface area contributed by atoms with Crippen LogP contribution >= 0.6 is 15.9 Å². The van der Waals surface area contributed by atoms with Crippen molar-refractivity contribution in [3.63, 3.8) is 0 Å². The van der Waals surface area contributed by atoms with Crippen LogP contribution in [-0.2, 0) is 4.79 Å². The highest BCUT2D eigenvalue weighted by atomic mass is 79.9. The molecule has 0 spiro atoms. The van der Waals surface area contributed by atoms with Gasteiger partial charge in [-0.15, -0.1) is 0 Å². The van der Waals surface area contributed by atoms with Crippen LogP contribution in [0.1, 0.15) is 23.8 Å². The summed E-state index contributed by atoms with van der Waals surface area (Å²) in [6, 6.07) is 8.83. The van der Waals surface area contributed by atoms with Crippen molar-refractivity contribution in [1.29, 1.82) is 0 Å². The Morgan fingerprint density at radius 3 is 2.59 bits per heavy atom. The van der Waals surface area contributed by atoms with Gasteiger partial charge in [-0.05, 0) is 36.8 Å². The second kappa shape index (κ2) is 8.69. The normalized spacial score (nSPS) is 10.9. The zero-order valence-corrected chi connectivity index (χ0v) is 16.9. The van der Waals surface area contributed by atoms with E-state index in [1.165, 1.54) is 4.90 Å². The Balaban J connectivity index is 1.77. The molecule has 3 rings (SSSR count). The molecule has 0 atom stereocenters. The van der Waals surface area contributed by atoms with Gasteiger partial charge >= 0.3 is 0 Å². The van der Waals surface area contributed by atoms with Gasteiger partial charge in [0, 0.05) is 21.9 Å². The molecule has 9 heteroatoms. The number of amides is 2. The highest BCUT2D eigenvalue weighted by Crippen LogP contribution is 2.22. The zero-order valence-electron chi connectivity index (χ0n) is 15.4. The number of halogens is 4. The maximum Gasteiger partial charge on any atom is 0.270 e. The van der Waals surface area contributed by atoms with Gasteiger partial charge in [-0.1, -0.05) is 28.9 Å². The van der Waals surface area contributed by atoms with E-state index in [-0.39, 0.29) is 13.1 Å². The lowest BCUT2D eigenvalue weighted by atomic mass is 10.2. The molecule has 0 unspecified atom stereocenters. The minimum absolute atomic E-state index is 0.283. The summed E-state index contributed by atoms with van der Waals surface area (Å²) in [4.78, 5) is 29.5. The number of carbonyl (C=O) groups is 2. The van der Waals surface area contributed by atoms with E-state index in [0.29, 0.717) is 18.2 Å². The van der Waals surface area contributed by atoms with E-state index < -0.39 is 35.0 Å². The van der Waals surface area contributed by atoms with E-state index in [4.69, 9.17) is 0 Å². The first kappa shape index (κ1) is 20.9. The van der Waals surface area contributed by atoms with Gasteiger partial charge in [-0.25, -0.2) is 13.2 Å². The fourth-order valence-corrected chi connectivity index (χ4v) is 3.25. The topological polar surface area (TPSA) is 65.2 Å². The largest absolute Gasteiger partial charge is 0.350 e. The molecule has 0 aliphatic heterocycles. The van der Waals surface area contributed by atoms with Crippen molar-refractivity contribution in [3.8, 4) is 0 Å². The molecule has 0 saturated carbocycles. The van der Waals surface area contributed by atoms with Crippen molar-refractivity contribution in [1.82, 2.24) is 9.88 Å². The van der Waals surface area contributed by atoms with Crippen LogP contribution in [0.2, 0.25) is 0 Å². The van der Waals surface area contributed by atoms with Crippen LogP contribution in [0.4, 0.5) is 18.9 Å². The van der Waals surface area contributed by atoms with Crippen molar-refractivity contribution < 1.29 is 22.8 Å². The number of carbonyl (C=O) groups excluding carboxylic acids is 2. The molecule has 0 aliphatic rings. The standard InChI is InChI=1S/C20H17BrF3N3O2/c1-2-7-27(10-17(28)26-14-6-5-13(22)18(23)19(14)24)20(29)16-8-11-3-4-12(21)9-15(11)25-16/h3-6,8-9,25H,2,7,10H2,1H3,(H,26,28). The van der Waals surface area contributed by atoms with Crippen molar-refractivity contribution in [2.45, 2.75) is 13.3 Å². The molecule has 1 heterocycles. The molecule has 152 valence electrons. The van der Waals surface area contributed by atoms with Crippen LogP contribution in [0.3, 0.4) is 0 Å². The number of rotatable bonds is 6. The molecular weight excluding hydrogens is 451 g/mol. The number of benzene rings is 2. The molecule has 0 bridgehead atoms. The van der Waals surface area contributed by atoms with Crippen molar-refractivity contribution in [2.24, 2.45) is 0 Å². The molecule has 2 N–H and O–H groups in total. The average molecular weight is 468 g/mol. The van der Waals surface area contributed by atoms with E-state index >= 15 is 0 Å². The molecule has 1 aromatic heterocycles. The highest BCUT2D eigenvalue weighted by Gasteiger charge is 2.21. The van der Waals surface area contributed by atoms with Gasteiger partial charge < -0.3 is 15.2 Å². The first-order chi connectivity index (χ1) is 13.8. The van der Waals surface area contributed by atoms with E-state index in [1.54, 1.807) is 6.07 Å². The first-order valence-corrected chi connectivity index (χ1v) is 9.60. The third-order valence-electron chi connectivity index (χ3n) is 4.24. The van der Waals surface area contributed by atoms with Gasteiger partial charge in [0.2, 0.25) is 5.91 Å². The Labute approximate surface area is 173 Å². The third kappa shape index (κ3) is 4.61. The van der Waals surface area contributed by atoms with E-state index in [2.05, 4.69) is 26.2 Å². The number of hydrogen-bond donors (Lipinski definition) is 2. The number of aromatic amines is 1. The second-order valence-electron chi connectivity index (χ2n) is 6.41. The van der Waals surface area contributed by atoms with Gasteiger partial charge in [0.1, 0.15) is 12.2 Å². The van der Waals surface area contributed by atoms with Crippen LogP contribution in [0.5, 0.6) is 0 Å². The fourth-order valence-electron chi connectivity index (χ4n) is 2.89. The number of fused-ring (bicyclic) bond motifs is 1. The summed E-state index contributed by atoms with van der Waals surface area (Å²) in [5.41, 5.74) is 0.569. The van der Waals surface area contributed by atoms with Crippen molar-refractivity contribution in [2.75, 3.05) is 18.4 Å². The maximum atomic E-state index is 13.8. The molecule has 3 aromatic rings. The number of nitrogens with one attached hydrogen (secondary N) is 2. The quantitative estimate of drug-likeness (QED) is 0.509. The summed E-state index contributed by atoms with van der Waals surface area (Å²) in [6.07, 6.45) is 0.588. The van der Waals surface area contributed by atoms with Crippen LogP contribution in [0.25, 0.3) is 10.9 Å². The Kier molecular flexibility index (Phi) is 6.26. The number of hydrogen-bond acceptors (Lipinski definition) is 2. The molecule has 0 radical (unpaired) electrons. The van der Waals surface area contributed by atoms with Gasteiger partial charge in [-0.3, -0.25) is 9.59 Å². The number of aromatic nitrogens is 1. The zero-order chi connectivity index (χ0) is 21.1. The first-order valence-electron chi connectivity index (χ1n) is 8.81. The van der Waals surface area contributed by atoms with Crippen LogP contribution in [-0.4, -0.2) is 34.8 Å². The molecule has 5 nitrogen and oxygen atoms in total. The van der Waals surface area contributed by atoms with Gasteiger partial charge in [0.05, 0.1) is 5.69 Å².